The van der Waals surface area contributed by atoms with Gasteiger partial charge in [0.2, 0.25) is 0 Å². The second-order valence-corrected chi connectivity index (χ2v) is 7.49. The first-order valence-electron chi connectivity index (χ1n) is 7.80. The van der Waals surface area contributed by atoms with E-state index in [2.05, 4.69) is 27.9 Å². The van der Waals surface area contributed by atoms with Crippen molar-refractivity contribution in [1.29, 1.82) is 0 Å². The Kier molecular flexibility index (Phi) is 4.65. The molecular formula is C16H22ClN3S. The van der Waals surface area contributed by atoms with Crippen LogP contribution in [-0.2, 0) is 0 Å². The summed E-state index contributed by atoms with van der Waals surface area (Å²) in [5, 5.41) is 4.40. The van der Waals surface area contributed by atoms with Crippen molar-refractivity contribution in [2.45, 2.75) is 52.0 Å². The number of hydrogen-bond donors (Lipinski definition) is 1. The molecule has 3 rings (SSSR count). The maximum atomic E-state index is 6.37. The lowest BCUT2D eigenvalue weighted by Gasteiger charge is -2.31. The summed E-state index contributed by atoms with van der Waals surface area (Å²) in [6.07, 6.45) is 6.46. The van der Waals surface area contributed by atoms with Crippen molar-refractivity contribution in [3.05, 3.63) is 17.2 Å². The Labute approximate surface area is 135 Å². The van der Waals surface area contributed by atoms with Crippen LogP contribution < -0.4 is 5.32 Å². The SMILES string of the molecule is CC(C)CC1CCCC(Nc2c(Cl)ccc3nsnc23)C1. The predicted octanol–water partition coefficient (Wildman–Crippen LogP) is 5.36. The minimum atomic E-state index is 0.507. The number of halogens is 1. The second-order valence-electron chi connectivity index (χ2n) is 6.56. The molecular weight excluding hydrogens is 302 g/mol. The number of rotatable bonds is 4. The van der Waals surface area contributed by atoms with Gasteiger partial charge in [-0.1, -0.05) is 38.3 Å². The topological polar surface area (TPSA) is 37.8 Å². The molecule has 1 aromatic heterocycles. The third-order valence-electron chi connectivity index (χ3n) is 4.31. The summed E-state index contributed by atoms with van der Waals surface area (Å²) in [5.41, 5.74) is 2.82. The van der Waals surface area contributed by atoms with Crippen LogP contribution in [0.3, 0.4) is 0 Å². The third-order valence-corrected chi connectivity index (χ3v) is 5.17. The zero-order chi connectivity index (χ0) is 14.8. The molecule has 0 bridgehead atoms. The summed E-state index contributed by atoms with van der Waals surface area (Å²) in [7, 11) is 0. The third kappa shape index (κ3) is 3.49. The second kappa shape index (κ2) is 6.49. The van der Waals surface area contributed by atoms with Crippen LogP contribution in [0.1, 0.15) is 46.0 Å². The highest BCUT2D eigenvalue weighted by Gasteiger charge is 2.24. The Morgan fingerprint density at radius 3 is 3.00 bits per heavy atom. The van der Waals surface area contributed by atoms with Crippen LogP contribution >= 0.6 is 23.3 Å². The number of aromatic nitrogens is 2. The van der Waals surface area contributed by atoms with Gasteiger partial charge in [-0.2, -0.15) is 8.75 Å². The highest BCUT2D eigenvalue weighted by atomic mass is 35.5. The Hall–Kier alpha value is -0.870. The van der Waals surface area contributed by atoms with Crippen LogP contribution in [0.5, 0.6) is 0 Å². The maximum absolute atomic E-state index is 6.37. The molecule has 0 amide bonds. The lowest BCUT2D eigenvalue weighted by Crippen LogP contribution is -2.28. The smallest absolute Gasteiger partial charge is 0.129 e. The predicted molar refractivity (Wildman–Crippen MR) is 91.2 cm³/mol. The van der Waals surface area contributed by atoms with Gasteiger partial charge in [0.15, 0.2) is 0 Å². The van der Waals surface area contributed by atoms with Crippen LogP contribution in [0, 0.1) is 11.8 Å². The number of benzene rings is 1. The van der Waals surface area contributed by atoms with E-state index in [1.165, 1.54) is 43.8 Å². The van der Waals surface area contributed by atoms with Crippen LogP contribution in [-0.4, -0.2) is 14.8 Å². The average molecular weight is 324 g/mol. The van der Waals surface area contributed by atoms with Gasteiger partial charge in [-0.3, -0.25) is 0 Å². The first-order chi connectivity index (χ1) is 10.1. The lowest BCUT2D eigenvalue weighted by atomic mass is 9.81. The van der Waals surface area contributed by atoms with Gasteiger partial charge in [-0.05, 0) is 43.2 Å². The van der Waals surface area contributed by atoms with Gasteiger partial charge in [0.25, 0.3) is 0 Å². The normalized spacial score (nSPS) is 22.9. The van der Waals surface area contributed by atoms with Gasteiger partial charge in [-0.25, -0.2) is 0 Å². The van der Waals surface area contributed by atoms with E-state index < -0.39 is 0 Å². The van der Waals surface area contributed by atoms with Crippen LogP contribution in [0.25, 0.3) is 11.0 Å². The summed E-state index contributed by atoms with van der Waals surface area (Å²) in [4.78, 5) is 0. The van der Waals surface area contributed by atoms with Gasteiger partial charge in [0.1, 0.15) is 11.0 Å². The molecule has 2 atom stereocenters. The van der Waals surface area contributed by atoms with Crippen molar-refractivity contribution < 1.29 is 0 Å². The highest BCUT2D eigenvalue weighted by Crippen LogP contribution is 2.35. The van der Waals surface area contributed by atoms with E-state index in [1.807, 2.05) is 12.1 Å². The van der Waals surface area contributed by atoms with E-state index in [0.29, 0.717) is 6.04 Å². The Balaban J connectivity index is 1.75. The van der Waals surface area contributed by atoms with E-state index in [-0.39, 0.29) is 0 Å². The molecule has 0 aliphatic heterocycles. The summed E-state index contributed by atoms with van der Waals surface area (Å²) in [6, 6.07) is 4.36. The molecule has 0 radical (unpaired) electrons. The zero-order valence-electron chi connectivity index (χ0n) is 12.6. The van der Waals surface area contributed by atoms with Crippen LogP contribution in [0.15, 0.2) is 12.1 Å². The van der Waals surface area contributed by atoms with Gasteiger partial charge in [0.05, 0.1) is 22.4 Å². The van der Waals surface area contributed by atoms with Gasteiger partial charge < -0.3 is 5.32 Å². The maximum Gasteiger partial charge on any atom is 0.129 e. The summed E-state index contributed by atoms with van der Waals surface area (Å²) in [6.45, 7) is 4.63. The van der Waals surface area contributed by atoms with Crippen molar-refractivity contribution >= 4 is 40.0 Å². The number of fused-ring (bicyclic) bond motifs is 1. The monoisotopic (exact) mass is 323 g/mol. The molecule has 1 N–H and O–H groups in total. The van der Waals surface area contributed by atoms with Crippen molar-refractivity contribution in [3.63, 3.8) is 0 Å². The van der Waals surface area contributed by atoms with E-state index in [1.54, 1.807) is 0 Å². The van der Waals surface area contributed by atoms with Crippen LogP contribution in [0.2, 0.25) is 5.02 Å². The lowest BCUT2D eigenvalue weighted by molar-refractivity contribution is 0.289. The van der Waals surface area contributed by atoms with Crippen molar-refractivity contribution in [2.75, 3.05) is 5.32 Å². The van der Waals surface area contributed by atoms with Gasteiger partial charge in [0, 0.05) is 6.04 Å². The van der Waals surface area contributed by atoms with E-state index in [9.17, 15) is 0 Å². The molecule has 3 nitrogen and oxygen atoms in total. The van der Waals surface area contributed by atoms with Crippen molar-refractivity contribution in [3.8, 4) is 0 Å². The van der Waals surface area contributed by atoms with Gasteiger partial charge in [-0.15, -0.1) is 0 Å². The average Bonchev–Trinajstić information content (AvgIpc) is 2.90. The molecule has 1 saturated carbocycles. The molecule has 2 aromatic rings. The first-order valence-corrected chi connectivity index (χ1v) is 8.91. The standard InChI is InChI=1S/C16H22ClN3S/c1-10(2)8-11-4-3-5-12(9-11)18-15-13(17)6-7-14-16(15)20-21-19-14/h6-7,10-12,18H,3-5,8-9H2,1-2H3. The van der Waals surface area contributed by atoms with E-state index in [4.69, 9.17) is 11.6 Å². The summed E-state index contributed by atoms with van der Waals surface area (Å²) in [5.74, 6) is 1.62. The minimum Gasteiger partial charge on any atom is -0.379 e. The molecule has 0 saturated heterocycles. The molecule has 21 heavy (non-hydrogen) atoms. The quantitative estimate of drug-likeness (QED) is 0.822. The van der Waals surface area contributed by atoms with Crippen molar-refractivity contribution in [1.82, 2.24) is 8.75 Å². The molecule has 5 heteroatoms. The zero-order valence-corrected chi connectivity index (χ0v) is 14.2. The molecule has 0 spiro atoms. The number of nitrogens with zero attached hydrogens (tertiary/aromatic N) is 2. The molecule has 1 aliphatic rings. The Morgan fingerprint density at radius 2 is 2.19 bits per heavy atom. The van der Waals surface area contributed by atoms with E-state index in [0.717, 1.165) is 33.6 Å². The molecule has 114 valence electrons. The largest absolute Gasteiger partial charge is 0.379 e. The molecule has 1 heterocycles. The summed E-state index contributed by atoms with van der Waals surface area (Å²) >= 11 is 7.62. The highest BCUT2D eigenvalue weighted by molar-refractivity contribution is 7.00. The fourth-order valence-electron chi connectivity index (χ4n) is 3.47. The number of anilines is 1. The number of nitrogens with one attached hydrogen (secondary N) is 1. The first kappa shape index (κ1) is 15.0. The molecule has 1 aromatic carbocycles. The van der Waals surface area contributed by atoms with Gasteiger partial charge >= 0.3 is 0 Å². The number of hydrogen-bond acceptors (Lipinski definition) is 4. The molecule has 2 unspecified atom stereocenters. The fourth-order valence-corrected chi connectivity index (χ4v) is 4.22. The fraction of sp³-hybridized carbons (Fsp3) is 0.625. The Morgan fingerprint density at radius 1 is 1.33 bits per heavy atom. The molecule has 1 aliphatic carbocycles. The van der Waals surface area contributed by atoms with E-state index >= 15 is 0 Å². The van der Waals surface area contributed by atoms with Crippen molar-refractivity contribution in [2.24, 2.45) is 11.8 Å². The summed E-state index contributed by atoms with van der Waals surface area (Å²) < 4.78 is 8.70. The Bertz CT molecular complexity index is 611. The van der Waals surface area contributed by atoms with Crippen LogP contribution in [0.4, 0.5) is 5.69 Å². The molecule has 1 fully saturated rings. The minimum absolute atomic E-state index is 0.507.